The number of hydrogen-bond acceptors (Lipinski definition) is 4. The topological polar surface area (TPSA) is 116 Å². The van der Waals surface area contributed by atoms with Gasteiger partial charge in [-0.15, -0.1) is 0 Å². The zero-order chi connectivity index (χ0) is 23.4. The summed E-state index contributed by atoms with van der Waals surface area (Å²) in [4.78, 5) is 25.0. The highest BCUT2D eigenvalue weighted by Gasteiger charge is 2.28. The van der Waals surface area contributed by atoms with Gasteiger partial charge in [-0.1, -0.05) is 24.3 Å². The van der Waals surface area contributed by atoms with Crippen molar-refractivity contribution in [3.63, 3.8) is 0 Å². The first-order valence-electron chi connectivity index (χ1n) is 10.5. The predicted molar refractivity (Wildman–Crippen MR) is 128 cm³/mol. The summed E-state index contributed by atoms with van der Waals surface area (Å²) < 4.78 is 27.6. The number of benzene rings is 3. The number of nitrogens with one attached hydrogen (secondary N) is 4. The van der Waals surface area contributed by atoms with Crippen molar-refractivity contribution in [2.24, 2.45) is 0 Å². The third-order valence-electron chi connectivity index (χ3n) is 5.10. The van der Waals surface area contributed by atoms with Gasteiger partial charge in [0.15, 0.2) is 0 Å². The average molecular weight is 465 g/mol. The van der Waals surface area contributed by atoms with Gasteiger partial charge in [0.2, 0.25) is 10.0 Å². The summed E-state index contributed by atoms with van der Waals surface area (Å²) in [7, 11) is -3.66. The van der Waals surface area contributed by atoms with E-state index in [1.54, 1.807) is 49.4 Å². The van der Waals surface area contributed by atoms with Crippen LogP contribution in [0.1, 0.15) is 28.8 Å². The van der Waals surface area contributed by atoms with Crippen LogP contribution >= 0.6 is 0 Å². The smallest absolute Gasteiger partial charge is 0.322 e. The second kappa shape index (κ2) is 9.43. The number of anilines is 3. The van der Waals surface area contributed by atoms with Crippen LogP contribution in [0.5, 0.6) is 0 Å². The molecule has 0 atom stereocenters. The second-order valence-corrected chi connectivity index (χ2v) is 9.56. The first-order valence-corrected chi connectivity index (χ1v) is 12.0. The Balaban J connectivity index is 1.40. The Hall–Kier alpha value is -3.69. The summed E-state index contributed by atoms with van der Waals surface area (Å²) in [5.74, 6) is -0.418. The van der Waals surface area contributed by atoms with Crippen LogP contribution in [0.25, 0.3) is 0 Å². The van der Waals surface area contributed by atoms with E-state index in [0.29, 0.717) is 22.6 Å². The second-order valence-electron chi connectivity index (χ2n) is 7.85. The largest absolute Gasteiger partial charge is 0.323 e. The molecule has 1 saturated carbocycles. The Morgan fingerprint density at radius 2 is 1.36 bits per heavy atom. The van der Waals surface area contributed by atoms with Crippen molar-refractivity contribution >= 4 is 39.0 Å². The van der Waals surface area contributed by atoms with E-state index in [-0.39, 0.29) is 22.5 Å². The van der Waals surface area contributed by atoms with Crippen LogP contribution in [-0.2, 0) is 10.0 Å². The van der Waals surface area contributed by atoms with Crippen LogP contribution in [0.15, 0.2) is 77.7 Å². The fourth-order valence-electron chi connectivity index (χ4n) is 3.15. The Labute approximate surface area is 192 Å². The van der Waals surface area contributed by atoms with E-state index in [9.17, 15) is 18.0 Å². The maximum atomic E-state index is 12.8. The lowest BCUT2D eigenvalue weighted by molar-refractivity contribution is 0.102. The van der Waals surface area contributed by atoms with Crippen molar-refractivity contribution in [1.29, 1.82) is 0 Å². The molecule has 9 heteroatoms. The SMILES string of the molecule is Cc1ccc(S(=O)(=O)NC2CC2)cc1C(=O)Nc1ccc(NC(=O)Nc2ccccc2)cc1. The average Bonchev–Trinajstić information content (AvgIpc) is 3.59. The summed E-state index contributed by atoms with van der Waals surface area (Å²) >= 11 is 0. The summed E-state index contributed by atoms with van der Waals surface area (Å²) in [6, 6.07) is 19.8. The number of para-hydroxylation sites is 1. The molecule has 170 valence electrons. The highest BCUT2D eigenvalue weighted by molar-refractivity contribution is 7.89. The molecule has 0 spiro atoms. The molecule has 4 rings (SSSR count). The van der Waals surface area contributed by atoms with Gasteiger partial charge in [0.05, 0.1) is 4.90 Å². The van der Waals surface area contributed by atoms with Crippen LogP contribution in [0.2, 0.25) is 0 Å². The number of hydrogen-bond donors (Lipinski definition) is 4. The minimum absolute atomic E-state index is 0.0181. The monoisotopic (exact) mass is 464 g/mol. The molecule has 0 aromatic heterocycles. The zero-order valence-corrected chi connectivity index (χ0v) is 18.8. The third kappa shape index (κ3) is 5.97. The minimum atomic E-state index is -3.66. The lowest BCUT2D eigenvalue weighted by Crippen LogP contribution is -2.26. The first-order chi connectivity index (χ1) is 15.8. The number of carbonyl (C=O) groups is 2. The first kappa shape index (κ1) is 22.5. The van der Waals surface area contributed by atoms with E-state index < -0.39 is 15.9 Å². The lowest BCUT2D eigenvalue weighted by Gasteiger charge is -2.12. The maximum Gasteiger partial charge on any atom is 0.323 e. The van der Waals surface area contributed by atoms with Crippen molar-refractivity contribution in [3.05, 3.63) is 83.9 Å². The van der Waals surface area contributed by atoms with E-state index in [1.807, 2.05) is 18.2 Å². The van der Waals surface area contributed by atoms with Gasteiger partial charge in [-0.3, -0.25) is 4.79 Å². The quantitative estimate of drug-likeness (QED) is 0.416. The van der Waals surface area contributed by atoms with Gasteiger partial charge in [0.1, 0.15) is 0 Å². The molecule has 0 aliphatic heterocycles. The number of aryl methyl sites for hydroxylation is 1. The third-order valence-corrected chi connectivity index (χ3v) is 6.61. The maximum absolute atomic E-state index is 12.8. The van der Waals surface area contributed by atoms with Gasteiger partial charge in [-0.25, -0.2) is 17.9 Å². The molecule has 4 N–H and O–H groups in total. The summed E-state index contributed by atoms with van der Waals surface area (Å²) in [6.07, 6.45) is 1.66. The fraction of sp³-hybridized carbons (Fsp3) is 0.167. The normalized spacial score (nSPS) is 13.2. The molecule has 0 heterocycles. The van der Waals surface area contributed by atoms with Crippen LogP contribution in [0, 0.1) is 6.92 Å². The minimum Gasteiger partial charge on any atom is -0.322 e. The molecule has 0 bridgehead atoms. The zero-order valence-electron chi connectivity index (χ0n) is 18.0. The van der Waals surface area contributed by atoms with E-state index in [0.717, 1.165) is 12.8 Å². The van der Waals surface area contributed by atoms with Crippen molar-refractivity contribution in [2.75, 3.05) is 16.0 Å². The Bertz CT molecular complexity index is 1270. The molecule has 1 aliphatic rings. The van der Waals surface area contributed by atoms with Crippen molar-refractivity contribution in [2.45, 2.75) is 30.7 Å². The molecule has 0 radical (unpaired) electrons. The Morgan fingerprint density at radius 3 is 1.97 bits per heavy atom. The number of amides is 3. The van der Waals surface area contributed by atoms with Gasteiger partial charge in [-0.05, 0) is 73.9 Å². The van der Waals surface area contributed by atoms with Gasteiger partial charge in [0.25, 0.3) is 5.91 Å². The molecule has 1 fully saturated rings. The molecule has 0 saturated heterocycles. The molecule has 3 aromatic carbocycles. The highest BCUT2D eigenvalue weighted by atomic mass is 32.2. The molecule has 3 aromatic rings. The standard InChI is InChI=1S/C24H24N4O4S/c1-16-7-14-21(33(31,32)28-20-12-13-20)15-22(16)23(29)25-18-8-10-19(11-9-18)27-24(30)26-17-5-3-2-4-6-17/h2-11,14-15,20,28H,12-13H2,1H3,(H,25,29)(H2,26,27,30). The summed E-state index contributed by atoms with van der Waals surface area (Å²) in [6.45, 7) is 1.75. The van der Waals surface area contributed by atoms with E-state index in [2.05, 4.69) is 20.7 Å². The van der Waals surface area contributed by atoms with Gasteiger partial charge in [-0.2, -0.15) is 0 Å². The number of carbonyl (C=O) groups excluding carboxylic acids is 2. The van der Waals surface area contributed by atoms with Gasteiger partial charge < -0.3 is 16.0 Å². The summed E-state index contributed by atoms with van der Waals surface area (Å²) in [5.41, 5.74) is 2.67. The highest BCUT2D eigenvalue weighted by Crippen LogP contribution is 2.24. The lowest BCUT2D eigenvalue weighted by atomic mass is 10.1. The number of rotatable bonds is 7. The van der Waals surface area contributed by atoms with Crippen molar-refractivity contribution in [3.8, 4) is 0 Å². The van der Waals surface area contributed by atoms with Crippen molar-refractivity contribution in [1.82, 2.24) is 4.72 Å². The van der Waals surface area contributed by atoms with E-state index >= 15 is 0 Å². The van der Waals surface area contributed by atoms with Crippen molar-refractivity contribution < 1.29 is 18.0 Å². The molecule has 1 aliphatic carbocycles. The molecular weight excluding hydrogens is 440 g/mol. The molecule has 8 nitrogen and oxygen atoms in total. The Morgan fingerprint density at radius 1 is 0.788 bits per heavy atom. The molecule has 33 heavy (non-hydrogen) atoms. The van der Waals surface area contributed by atoms with E-state index in [1.165, 1.54) is 12.1 Å². The number of urea groups is 1. The van der Waals surface area contributed by atoms with Crippen LogP contribution in [-0.4, -0.2) is 26.4 Å². The number of sulfonamides is 1. The molecule has 3 amide bonds. The molecule has 0 unspecified atom stereocenters. The Kier molecular flexibility index (Phi) is 6.43. The fourth-order valence-corrected chi connectivity index (χ4v) is 4.48. The van der Waals surface area contributed by atoms with Crippen LogP contribution < -0.4 is 20.7 Å². The van der Waals surface area contributed by atoms with Crippen LogP contribution in [0.4, 0.5) is 21.9 Å². The van der Waals surface area contributed by atoms with Crippen LogP contribution in [0.3, 0.4) is 0 Å². The molecular formula is C24H24N4O4S. The predicted octanol–water partition coefficient (Wildman–Crippen LogP) is 4.33. The summed E-state index contributed by atoms with van der Waals surface area (Å²) in [5, 5.41) is 8.21. The van der Waals surface area contributed by atoms with Gasteiger partial charge in [0, 0.05) is 28.7 Å². The van der Waals surface area contributed by atoms with Gasteiger partial charge >= 0.3 is 6.03 Å². The van der Waals surface area contributed by atoms with E-state index in [4.69, 9.17) is 0 Å².